The summed E-state index contributed by atoms with van der Waals surface area (Å²) < 4.78 is 5.59. The lowest BCUT2D eigenvalue weighted by molar-refractivity contribution is 0.0996. The highest BCUT2D eigenvalue weighted by Gasteiger charge is 2.21. The number of aromatic hydroxyl groups is 1. The average molecular weight is 282 g/mol. The second-order valence-corrected chi connectivity index (χ2v) is 4.18. The Balaban J connectivity index is 2.13. The maximum absolute atomic E-state index is 11.5. The van der Waals surface area contributed by atoms with Crippen LogP contribution in [0.5, 0.6) is 5.88 Å². The molecule has 0 aliphatic rings. The quantitative estimate of drug-likeness (QED) is 0.754. The van der Waals surface area contributed by atoms with E-state index in [4.69, 9.17) is 10.2 Å². The smallest absolute Gasteiger partial charge is 0.271 e. The number of aromatic nitrogens is 3. The molecule has 21 heavy (non-hydrogen) atoms. The number of primary amides is 1. The third-order valence-corrected chi connectivity index (χ3v) is 2.75. The first kappa shape index (κ1) is 12.8. The number of carbonyl (C=O) groups excluding carboxylic acids is 1. The topological polar surface area (TPSA) is 115 Å². The highest BCUT2D eigenvalue weighted by atomic mass is 16.4. The van der Waals surface area contributed by atoms with Gasteiger partial charge in [-0.3, -0.25) is 9.78 Å². The van der Waals surface area contributed by atoms with Crippen molar-refractivity contribution in [3.8, 4) is 28.8 Å². The molecule has 0 aliphatic carbocycles. The molecule has 0 spiro atoms. The minimum atomic E-state index is -0.711. The fraction of sp³-hybridized carbons (Fsp3) is 0. The summed E-state index contributed by atoms with van der Waals surface area (Å²) in [7, 11) is 0. The van der Waals surface area contributed by atoms with Gasteiger partial charge in [0.15, 0.2) is 11.5 Å². The number of rotatable bonds is 3. The van der Waals surface area contributed by atoms with Crippen LogP contribution in [0.3, 0.4) is 0 Å². The lowest BCUT2D eigenvalue weighted by Gasteiger charge is -1.96. The van der Waals surface area contributed by atoms with Crippen LogP contribution in [-0.2, 0) is 0 Å². The lowest BCUT2D eigenvalue weighted by Crippen LogP contribution is -2.12. The van der Waals surface area contributed by atoms with Crippen molar-refractivity contribution in [3.63, 3.8) is 0 Å². The van der Waals surface area contributed by atoms with E-state index in [0.29, 0.717) is 11.3 Å². The Morgan fingerprint density at radius 3 is 2.67 bits per heavy atom. The standard InChI is InChI=1S/C14H10N4O3/c15-13(20)11-12(9-3-1-2-6-16-9)21-14(18-11)8-4-5-10(19)17-7-8/h1-7H,(H2,15,20)(H,17,19). The Morgan fingerprint density at radius 1 is 1.19 bits per heavy atom. The average Bonchev–Trinajstić information content (AvgIpc) is 2.94. The van der Waals surface area contributed by atoms with Gasteiger partial charge >= 0.3 is 0 Å². The van der Waals surface area contributed by atoms with Gasteiger partial charge in [0, 0.05) is 18.5 Å². The molecule has 7 nitrogen and oxygen atoms in total. The molecule has 0 radical (unpaired) electrons. The molecule has 0 saturated heterocycles. The van der Waals surface area contributed by atoms with Crippen LogP contribution in [0.2, 0.25) is 0 Å². The summed E-state index contributed by atoms with van der Waals surface area (Å²) in [5.74, 6) is -0.453. The summed E-state index contributed by atoms with van der Waals surface area (Å²) in [6, 6.07) is 8.16. The second-order valence-electron chi connectivity index (χ2n) is 4.18. The van der Waals surface area contributed by atoms with Crippen molar-refractivity contribution < 1.29 is 14.3 Å². The van der Waals surface area contributed by atoms with Crippen LogP contribution in [0.4, 0.5) is 0 Å². The number of carbonyl (C=O) groups is 1. The van der Waals surface area contributed by atoms with Gasteiger partial charge in [0.25, 0.3) is 5.91 Å². The van der Waals surface area contributed by atoms with Crippen molar-refractivity contribution in [2.45, 2.75) is 0 Å². The van der Waals surface area contributed by atoms with E-state index in [1.54, 1.807) is 30.5 Å². The number of nitrogens with two attached hydrogens (primary N) is 1. The van der Waals surface area contributed by atoms with Gasteiger partial charge in [-0.2, -0.15) is 0 Å². The molecule has 0 aliphatic heterocycles. The van der Waals surface area contributed by atoms with Crippen LogP contribution in [0, 0.1) is 0 Å². The molecule has 3 N–H and O–H groups in total. The first-order valence-corrected chi connectivity index (χ1v) is 6.02. The third kappa shape index (κ3) is 2.44. The van der Waals surface area contributed by atoms with E-state index < -0.39 is 5.91 Å². The molecule has 0 aromatic carbocycles. The summed E-state index contributed by atoms with van der Waals surface area (Å²) in [4.78, 5) is 23.4. The zero-order valence-electron chi connectivity index (χ0n) is 10.7. The summed E-state index contributed by atoms with van der Waals surface area (Å²) in [6.45, 7) is 0. The molecular formula is C14H10N4O3. The van der Waals surface area contributed by atoms with E-state index >= 15 is 0 Å². The SMILES string of the molecule is NC(=O)c1nc(-c2ccc(O)nc2)oc1-c1ccccn1. The van der Waals surface area contributed by atoms with Crippen molar-refractivity contribution in [2.75, 3.05) is 0 Å². The minimum absolute atomic E-state index is 0.00299. The van der Waals surface area contributed by atoms with Crippen molar-refractivity contribution in [1.29, 1.82) is 0 Å². The number of hydrogen-bond donors (Lipinski definition) is 2. The Morgan fingerprint density at radius 2 is 2.05 bits per heavy atom. The number of oxazole rings is 1. The molecule has 3 aromatic rings. The van der Waals surface area contributed by atoms with E-state index in [1.807, 2.05) is 0 Å². The Hall–Kier alpha value is -3.22. The molecule has 0 fully saturated rings. The van der Waals surface area contributed by atoms with E-state index in [1.165, 1.54) is 12.3 Å². The molecule has 0 bridgehead atoms. The fourth-order valence-electron chi connectivity index (χ4n) is 1.79. The summed E-state index contributed by atoms with van der Waals surface area (Å²) in [5.41, 5.74) is 6.29. The Kier molecular flexibility index (Phi) is 3.07. The zero-order chi connectivity index (χ0) is 14.8. The predicted octanol–water partition coefficient (Wildman–Crippen LogP) is 1.60. The molecule has 0 atom stereocenters. The normalized spacial score (nSPS) is 10.5. The molecule has 3 rings (SSSR count). The molecule has 1 amide bonds. The molecule has 3 aromatic heterocycles. The van der Waals surface area contributed by atoms with Crippen LogP contribution in [0.15, 0.2) is 47.1 Å². The van der Waals surface area contributed by atoms with Gasteiger partial charge in [-0.15, -0.1) is 0 Å². The summed E-state index contributed by atoms with van der Waals surface area (Å²) >= 11 is 0. The highest BCUT2D eigenvalue weighted by Crippen LogP contribution is 2.28. The van der Waals surface area contributed by atoms with E-state index in [-0.39, 0.29) is 23.2 Å². The third-order valence-electron chi connectivity index (χ3n) is 2.75. The van der Waals surface area contributed by atoms with Gasteiger partial charge < -0.3 is 15.3 Å². The number of pyridine rings is 2. The number of hydrogen-bond acceptors (Lipinski definition) is 6. The van der Waals surface area contributed by atoms with Gasteiger partial charge in [0.2, 0.25) is 11.8 Å². The molecule has 7 heteroatoms. The lowest BCUT2D eigenvalue weighted by atomic mass is 10.2. The van der Waals surface area contributed by atoms with Gasteiger partial charge in [0.05, 0.1) is 5.56 Å². The van der Waals surface area contributed by atoms with Crippen LogP contribution in [0.1, 0.15) is 10.5 Å². The molecular weight excluding hydrogens is 272 g/mol. The largest absolute Gasteiger partial charge is 0.493 e. The Labute approximate surface area is 119 Å². The molecule has 104 valence electrons. The molecule has 0 unspecified atom stereocenters. The second kappa shape index (κ2) is 5.04. The maximum atomic E-state index is 11.5. The number of amides is 1. The number of nitrogens with zero attached hydrogens (tertiary/aromatic N) is 3. The van der Waals surface area contributed by atoms with Gasteiger partial charge in [-0.05, 0) is 18.2 Å². The zero-order valence-corrected chi connectivity index (χ0v) is 10.7. The first-order valence-electron chi connectivity index (χ1n) is 6.02. The van der Waals surface area contributed by atoms with Crippen molar-refractivity contribution in [2.24, 2.45) is 5.73 Å². The molecule has 3 heterocycles. The van der Waals surface area contributed by atoms with E-state index in [2.05, 4.69) is 15.0 Å². The van der Waals surface area contributed by atoms with E-state index in [0.717, 1.165) is 0 Å². The monoisotopic (exact) mass is 282 g/mol. The maximum Gasteiger partial charge on any atom is 0.271 e. The van der Waals surface area contributed by atoms with Crippen LogP contribution < -0.4 is 5.73 Å². The van der Waals surface area contributed by atoms with Crippen molar-refractivity contribution >= 4 is 5.91 Å². The summed E-state index contributed by atoms with van der Waals surface area (Å²) in [5, 5.41) is 9.18. The first-order chi connectivity index (χ1) is 10.1. The van der Waals surface area contributed by atoms with Crippen molar-refractivity contribution in [3.05, 3.63) is 48.4 Å². The molecule has 0 saturated carbocycles. The highest BCUT2D eigenvalue weighted by molar-refractivity contribution is 5.96. The van der Waals surface area contributed by atoms with Crippen molar-refractivity contribution in [1.82, 2.24) is 15.0 Å². The minimum Gasteiger partial charge on any atom is -0.493 e. The fourth-order valence-corrected chi connectivity index (χ4v) is 1.79. The van der Waals surface area contributed by atoms with Gasteiger partial charge in [0.1, 0.15) is 5.69 Å². The van der Waals surface area contributed by atoms with Crippen LogP contribution in [0.25, 0.3) is 22.9 Å². The van der Waals surface area contributed by atoms with Gasteiger partial charge in [-0.1, -0.05) is 6.07 Å². The van der Waals surface area contributed by atoms with E-state index in [9.17, 15) is 9.90 Å². The van der Waals surface area contributed by atoms with Crippen LogP contribution in [-0.4, -0.2) is 26.0 Å². The summed E-state index contributed by atoms with van der Waals surface area (Å²) in [6.07, 6.45) is 2.96. The van der Waals surface area contributed by atoms with Gasteiger partial charge in [-0.25, -0.2) is 9.97 Å². The predicted molar refractivity (Wildman–Crippen MR) is 73.1 cm³/mol. The van der Waals surface area contributed by atoms with Crippen LogP contribution >= 0.6 is 0 Å². The Bertz CT molecular complexity index is 782.